The van der Waals surface area contributed by atoms with Gasteiger partial charge in [-0.2, -0.15) is 0 Å². The van der Waals surface area contributed by atoms with E-state index in [1.54, 1.807) is 12.1 Å². The standard InChI is InChI=1S/C15H13NO7S2/c1-22-9-2-3-10(23-7-13(19)20)8(4-9)5-11-14(21)16(6-12(17)18)15(24)25-11/h2-5H,6-7H2,1H3,(H,17,18)(H,19,20)/b11-5+. The van der Waals surface area contributed by atoms with Crippen LogP contribution in [0.2, 0.25) is 0 Å². The van der Waals surface area contributed by atoms with Gasteiger partial charge < -0.3 is 19.7 Å². The predicted molar refractivity (Wildman–Crippen MR) is 93.6 cm³/mol. The van der Waals surface area contributed by atoms with Gasteiger partial charge in [0, 0.05) is 5.56 Å². The Kier molecular flexibility index (Phi) is 5.99. The van der Waals surface area contributed by atoms with Crippen molar-refractivity contribution < 1.29 is 34.1 Å². The van der Waals surface area contributed by atoms with Gasteiger partial charge >= 0.3 is 11.9 Å². The second-order valence-electron chi connectivity index (χ2n) is 4.75. The number of amides is 1. The molecular weight excluding hydrogens is 370 g/mol. The molecule has 25 heavy (non-hydrogen) atoms. The minimum atomic E-state index is -1.18. The van der Waals surface area contributed by atoms with Gasteiger partial charge in [0.15, 0.2) is 6.61 Å². The monoisotopic (exact) mass is 383 g/mol. The number of carbonyl (C=O) groups excluding carboxylic acids is 1. The number of carboxylic acid groups (broad SMARTS) is 2. The van der Waals surface area contributed by atoms with E-state index in [1.807, 2.05) is 0 Å². The SMILES string of the molecule is COc1ccc(OCC(=O)O)c(/C=C2/SC(=S)N(CC(=O)O)C2=O)c1. The van der Waals surface area contributed by atoms with Crippen LogP contribution in [0, 0.1) is 0 Å². The molecule has 1 aliphatic heterocycles. The van der Waals surface area contributed by atoms with E-state index in [9.17, 15) is 14.4 Å². The van der Waals surface area contributed by atoms with Crippen molar-refractivity contribution in [2.45, 2.75) is 0 Å². The highest BCUT2D eigenvalue weighted by atomic mass is 32.2. The van der Waals surface area contributed by atoms with E-state index in [2.05, 4.69) is 0 Å². The normalized spacial score (nSPS) is 15.6. The lowest BCUT2D eigenvalue weighted by molar-refractivity contribution is -0.140. The quantitative estimate of drug-likeness (QED) is 0.533. The van der Waals surface area contributed by atoms with Crippen molar-refractivity contribution in [3.8, 4) is 11.5 Å². The molecule has 0 saturated carbocycles. The Balaban J connectivity index is 2.35. The molecule has 0 aliphatic carbocycles. The first-order valence-corrected chi connectivity index (χ1v) is 8.04. The second-order valence-corrected chi connectivity index (χ2v) is 6.42. The first kappa shape index (κ1) is 18.7. The summed E-state index contributed by atoms with van der Waals surface area (Å²) in [7, 11) is 1.46. The number of thiocarbonyl (C=S) groups is 1. The Hall–Kier alpha value is -2.59. The molecule has 1 aliphatic rings. The lowest BCUT2D eigenvalue weighted by Gasteiger charge is -2.11. The molecule has 2 rings (SSSR count). The van der Waals surface area contributed by atoms with E-state index < -0.39 is 31.0 Å². The summed E-state index contributed by atoms with van der Waals surface area (Å²) >= 11 is 5.98. The van der Waals surface area contributed by atoms with Gasteiger partial charge in [0.1, 0.15) is 22.4 Å². The molecule has 0 bridgehead atoms. The van der Waals surface area contributed by atoms with Crippen molar-refractivity contribution in [3.63, 3.8) is 0 Å². The van der Waals surface area contributed by atoms with Crippen LogP contribution >= 0.6 is 24.0 Å². The molecule has 1 amide bonds. The van der Waals surface area contributed by atoms with Crippen molar-refractivity contribution in [1.82, 2.24) is 4.90 Å². The number of ether oxygens (including phenoxy) is 2. The van der Waals surface area contributed by atoms with Gasteiger partial charge in [0.25, 0.3) is 5.91 Å². The summed E-state index contributed by atoms with van der Waals surface area (Å²) in [5.41, 5.74) is 0.413. The van der Waals surface area contributed by atoms with Crippen molar-refractivity contribution in [3.05, 3.63) is 28.7 Å². The number of carboxylic acids is 2. The predicted octanol–water partition coefficient (Wildman–Crippen LogP) is 1.44. The van der Waals surface area contributed by atoms with Crippen molar-refractivity contribution in [2.24, 2.45) is 0 Å². The van der Waals surface area contributed by atoms with Crippen LogP contribution in [0.25, 0.3) is 6.08 Å². The molecular formula is C15H13NO7S2. The maximum Gasteiger partial charge on any atom is 0.341 e. The molecule has 10 heteroatoms. The van der Waals surface area contributed by atoms with Crippen LogP contribution in [-0.4, -0.2) is 57.5 Å². The largest absolute Gasteiger partial charge is 0.497 e. The zero-order valence-corrected chi connectivity index (χ0v) is 14.6. The molecule has 0 atom stereocenters. The van der Waals surface area contributed by atoms with E-state index >= 15 is 0 Å². The van der Waals surface area contributed by atoms with E-state index in [0.717, 1.165) is 16.7 Å². The van der Waals surface area contributed by atoms with Crippen LogP contribution in [-0.2, 0) is 14.4 Å². The Bertz CT molecular complexity index is 775. The van der Waals surface area contributed by atoms with Crippen LogP contribution in [0.15, 0.2) is 23.1 Å². The molecule has 0 aromatic heterocycles. The third-order valence-corrected chi connectivity index (χ3v) is 4.40. The highest BCUT2D eigenvalue weighted by Gasteiger charge is 2.33. The summed E-state index contributed by atoms with van der Waals surface area (Å²) < 4.78 is 10.4. The topological polar surface area (TPSA) is 113 Å². The third-order valence-electron chi connectivity index (χ3n) is 3.02. The summed E-state index contributed by atoms with van der Waals surface area (Å²) in [6.07, 6.45) is 1.46. The zero-order valence-electron chi connectivity index (χ0n) is 12.9. The van der Waals surface area contributed by atoms with E-state index in [4.69, 9.17) is 31.9 Å². The molecule has 1 saturated heterocycles. The molecule has 0 radical (unpaired) electrons. The third kappa shape index (κ3) is 4.70. The molecule has 1 aromatic carbocycles. The Morgan fingerprint density at radius 1 is 1.32 bits per heavy atom. The minimum Gasteiger partial charge on any atom is -0.497 e. The van der Waals surface area contributed by atoms with Crippen LogP contribution in [0.4, 0.5) is 0 Å². The number of carbonyl (C=O) groups is 3. The molecule has 0 spiro atoms. The maximum atomic E-state index is 12.3. The van der Waals surface area contributed by atoms with Crippen molar-refractivity contribution in [2.75, 3.05) is 20.3 Å². The van der Waals surface area contributed by atoms with Crippen molar-refractivity contribution in [1.29, 1.82) is 0 Å². The first-order valence-electron chi connectivity index (χ1n) is 6.81. The number of methoxy groups -OCH3 is 1. The van der Waals surface area contributed by atoms with Gasteiger partial charge in [-0.1, -0.05) is 24.0 Å². The van der Waals surface area contributed by atoms with Gasteiger partial charge in [-0.15, -0.1) is 0 Å². The number of hydrogen-bond donors (Lipinski definition) is 2. The fourth-order valence-electron chi connectivity index (χ4n) is 1.95. The van der Waals surface area contributed by atoms with E-state index in [-0.39, 0.29) is 15.0 Å². The maximum absolute atomic E-state index is 12.3. The zero-order chi connectivity index (χ0) is 18.6. The summed E-state index contributed by atoms with van der Waals surface area (Å²) in [5, 5.41) is 17.6. The van der Waals surface area contributed by atoms with Crippen molar-refractivity contribution >= 4 is 52.2 Å². The first-order chi connectivity index (χ1) is 11.8. The summed E-state index contributed by atoms with van der Waals surface area (Å²) in [5.74, 6) is -2.13. The number of nitrogens with zero attached hydrogens (tertiary/aromatic N) is 1. The molecule has 8 nitrogen and oxygen atoms in total. The molecule has 1 fully saturated rings. The van der Waals surface area contributed by atoms with Gasteiger partial charge in [-0.25, -0.2) is 4.79 Å². The molecule has 132 valence electrons. The summed E-state index contributed by atoms with van der Waals surface area (Å²) in [6, 6.07) is 4.68. The smallest absolute Gasteiger partial charge is 0.341 e. The van der Waals surface area contributed by atoms with Crippen LogP contribution in [0.5, 0.6) is 11.5 Å². The van der Waals surface area contributed by atoms with Gasteiger partial charge in [0.2, 0.25) is 0 Å². The van der Waals surface area contributed by atoms with Crippen LogP contribution in [0.1, 0.15) is 5.56 Å². The highest BCUT2D eigenvalue weighted by Crippen LogP contribution is 2.35. The lowest BCUT2D eigenvalue weighted by Crippen LogP contribution is -2.33. The van der Waals surface area contributed by atoms with E-state index in [0.29, 0.717) is 11.3 Å². The lowest BCUT2D eigenvalue weighted by atomic mass is 10.1. The number of hydrogen-bond acceptors (Lipinski definition) is 7. The Labute approximate surface area is 152 Å². The fraction of sp³-hybridized carbons (Fsp3) is 0.200. The minimum absolute atomic E-state index is 0.134. The number of aliphatic carboxylic acids is 2. The average molecular weight is 383 g/mol. The number of thioether (sulfide) groups is 1. The molecule has 1 heterocycles. The molecule has 1 aromatic rings. The Morgan fingerprint density at radius 2 is 2.04 bits per heavy atom. The van der Waals surface area contributed by atoms with E-state index in [1.165, 1.54) is 19.3 Å². The molecule has 0 unspecified atom stereocenters. The Morgan fingerprint density at radius 3 is 2.64 bits per heavy atom. The number of benzene rings is 1. The summed E-state index contributed by atoms with van der Waals surface area (Å²) in [6.45, 7) is -1.07. The van der Waals surface area contributed by atoms with Gasteiger partial charge in [0.05, 0.1) is 12.0 Å². The molecule has 2 N–H and O–H groups in total. The highest BCUT2D eigenvalue weighted by molar-refractivity contribution is 8.26. The number of rotatable bonds is 7. The van der Waals surface area contributed by atoms with Gasteiger partial charge in [-0.3, -0.25) is 14.5 Å². The fourth-order valence-corrected chi connectivity index (χ4v) is 3.20. The summed E-state index contributed by atoms with van der Waals surface area (Å²) in [4.78, 5) is 35.0. The van der Waals surface area contributed by atoms with Crippen LogP contribution < -0.4 is 9.47 Å². The average Bonchev–Trinajstić information content (AvgIpc) is 2.80. The van der Waals surface area contributed by atoms with Gasteiger partial charge in [-0.05, 0) is 24.3 Å². The second kappa shape index (κ2) is 7.99. The van der Waals surface area contributed by atoms with Crippen LogP contribution in [0.3, 0.4) is 0 Å².